The molecule has 35 heavy (non-hydrogen) atoms. The summed E-state index contributed by atoms with van der Waals surface area (Å²) >= 11 is 0. The molecule has 0 bridgehead atoms. The number of unbranched alkanes of at least 4 members (excludes halogenated alkanes) is 1. The van der Waals surface area contributed by atoms with E-state index in [9.17, 15) is 14.4 Å². The Labute approximate surface area is 207 Å². The van der Waals surface area contributed by atoms with E-state index < -0.39 is 5.41 Å². The summed E-state index contributed by atoms with van der Waals surface area (Å²) in [6.07, 6.45) is 11.0. The lowest BCUT2D eigenvalue weighted by Gasteiger charge is -2.26. The molecular weight excluding hydrogens is 444 g/mol. The van der Waals surface area contributed by atoms with Crippen molar-refractivity contribution in [3.63, 3.8) is 0 Å². The first-order valence-corrected chi connectivity index (χ1v) is 12.4. The predicted octanol–water partition coefficient (Wildman–Crippen LogP) is 4.48. The molecule has 188 valence electrons. The third kappa shape index (κ3) is 7.38. The summed E-state index contributed by atoms with van der Waals surface area (Å²) in [6, 6.07) is 10.2. The van der Waals surface area contributed by atoms with Crippen LogP contribution in [-0.2, 0) is 30.4 Å². The summed E-state index contributed by atoms with van der Waals surface area (Å²) in [6.45, 7) is 6.42. The van der Waals surface area contributed by atoms with Gasteiger partial charge in [-0.25, -0.2) is 0 Å². The normalized spacial score (nSPS) is 19.7. The standard InChI is InChI=1S/C28H36N2O5/c1-21(31)34-20-28(2,3)25(29-35-19-11-14-22-12-5-4-6-13-22)17-9-10-18-30-26(32)23-15-7-8-16-24(23)27(30)33/h4-8,12-13,15-16,23-24H,9-11,14,17-20H2,1-3H3/b29-25+. The van der Waals surface area contributed by atoms with Gasteiger partial charge >= 0.3 is 5.97 Å². The molecule has 2 atom stereocenters. The average molecular weight is 481 g/mol. The van der Waals surface area contributed by atoms with Crippen LogP contribution in [0.1, 0.15) is 52.0 Å². The molecule has 0 aromatic heterocycles. The Morgan fingerprint density at radius 3 is 2.29 bits per heavy atom. The van der Waals surface area contributed by atoms with Crippen LogP contribution in [-0.4, -0.2) is 48.2 Å². The topological polar surface area (TPSA) is 85.3 Å². The van der Waals surface area contributed by atoms with Crippen molar-refractivity contribution in [1.29, 1.82) is 0 Å². The van der Waals surface area contributed by atoms with Gasteiger partial charge in [-0.05, 0) is 37.7 Å². The van der Waals surface area contributed by atoms with Crippen LogP contribution in [0.15, 0.2) is 59.8 Å². The Morgan fingerprint density at radius 2 is 1.66 bits per heavy atom. The summed E-state index contributed by atoms with van der Waals surface area (Å²) in [5.41, 5.74) is 1.57. The van der Waals surface area contributed by atoms with Crippen molar-refractivity contribution in [2.75, 3.05) is 19.8 Å². The third-order valence-corrected chi connectivity index (χ3v) is 6.42. The molecule has 0 radical (unpaired) electrons. The largest absolute Gasteiger partial charge is 0.465 e. The predicted molar refractivity (Wildman–Crippen MR) is 134 cm³/mol. The van der Waals surface area contributed by atoms with Crippen LogP contribution in [0.5, 0.6) is 0 Å². The summed E-state index contributed by atoms with van der Waals surface area (Å²) in [4.78, 5) is 43.6. The second kappa shape index (κ2) is 12.5. The zero-order valence-corrected chi connectivity index (χ0v) is 20.9. The van der Waals surface area contributed by atoms with Crippen molar-refractivity contribution in [2.45, 2.75) is 52.9 Å². The molecule has 1 aliphatic carbocycles. The van der Waals surface area contributed by atoms with Crippen molar-refractivity contribution < 1.29 is 24.0 Å². The van der Waals surface area contributed by atoms with Crippen molar-refractivity contribution in [3.05, 3.63) is 60.2 Å². The second-order valence-electron chi connectivity index (χ2n) is 9.73. The minimum Gasteiger partial charge on any atom is -0.465 e. The zero-order chi connectivity index (χ0) is 25.3. The van der Waals surface area contributed by atoms with Crippen LogP contribution in [0, 0.1) is 17.3 Å². The van der Waals surface area contributed by atoms with Crippen LogP contribution < -0.4 is 0 Å². The molecule has 1 aliphatic heterocycles. The number of aryl methyl sites for hydroxylation is 1. The minimum atomic E-state index is -0.491. The first-order valence-electron chi connectivity index (χ1n) is 12.4. The molecule has 1 heterocycles. The zero-order valence-electron chi connectivity index (χ0n) is 20.9. The minimum absolute atomic E-state index is 0.119. The van der Waals surface area contributed by atoms with Crippen LogP contribution >= 0.6 is 0 Å². The maximum absolute atomic E-state index is 12.6. The van der Waals surface area contributed by atoms with Gasteiger partial charge in [0.15, 0.2) is 0 Å². The summed E-state index contributed by atoms with van der Waals surface area (Å²) < 4.78 is 5.26. The quantitative estimate of drug-likeness (QED) is 0.137. The van der Waals surface area contributed by atoms with Crippen LogP contribution in [0.2, 0.25) is 0 Å². The van der Waals surface area contributed by atoms with Gasteiger partial charge in [-0.3, -0.25) is 19.3 Å². The molecule has 0 spiro atoms. The Balaban J connectivity index is 1.51. The number of fused-ring (bicyclic) bond motifs is 1. The molecule has 1 fully saturated rings. The molecule has 7 heteroatoms. The number of carbonyl (C=O) groups excluding carboxylic acids is 3. The Morgan fingerprint density at radius 1 is 1.00 bits per heavy atom. The molecule has 7 nitrogen and oxygen atoms in total. The van der Waals surface area contributed by atoms with E-state index >= 15 is 0 Å². The van der Waals surface area contributed by atoms with Gasteiger partial charge < -0.3 is 9.57 Å². The number of allylic oxidation sites excluding steroid dienone is 2. The SMILES string of the molecule is CC(=O)OCC(C)(C)/C(CCCCN1C(=O)C2C=CC=CC2C1=O)=N/OCCCc1ccccc1. The Kier molecular flexibility index (Phi) is 9.40. The van der Waals surface area contributed by atoms with Gasteiger partial charge in [-0.1, -0.05) is 73.6 Å². The van der Waals surface area contributed by atoms with Crippen molar-refractivity contribution >= 4 is 23.5 Å². The number of esters is 1. The Bertz CT molecular complexity index is 950. The highest BCUT2D eigenvalue weighted by molar-refractivity contribution is 6.07. The van der Waals surface area contributed by atoms with E-state index in [1.54, 1.807) is 0 Å². The lowest BCUT2D eigenvalue weighted by Crippen LogP contribution is -2.33. The average Bonchev–Trinajstić information content (AvgIpc) is 3.09. The molecule has 1 aromatic carbocycles. The fraction of sp³-hybridized carbons (Fsp3) is 0.500. The third-order valence-electron chi connectivity index (χ3n) is 6.42. The highest BCUT2D eigenvalue weighted by Crippen LogP contribution is 2.31. The first kappa shape index (κ1) is 26.4. The maximum Gasteiger partial charge on any atom is 0.302 e. The number of amides is 2. The lowest BCUT2D eigenvalue weighted by atomic mass is 9.85. The molecule has 2 amide bonds. The first-order chi connectivity index (χ1) is 16.8. The van der Waals surface area contributed by atoms with E-state index in [4.69, 9.17) is 9.57 Å². The van der Waals surface area contributed by atoms with E-state index in [1.807, 2.05) is 56.4 Å². The van der Waals surface area contributed by atoms with Gasteiger partial charge in [0.05, 0.1) is 17.5 Å². The van der Waals surface area contributed by atoms with E-state index in [-0.39, 0.29) is 36.2 Å². The van der Waals surface area contributed by atoms with Gasteiger partial charge in [0, 0.05) is 18.9 Å². The highest BCUT2D eigenvalue weighted by atomic mass is 16.6. The molecule has 1 aromatic rings. The molecule has 0 saturated carbocycles. The van der Waals surface area contributed by atoms with Crippen molar-refractivity contribution in [3.8, 4) is 0 Å². The van der Waals surface area contributed by atoms with Gasteiger partial charge in [0.25, 0.3) is 0 Å². The molecule has 3 rings (SSSR count). The van der Waals surface area contributed by atoms with E-state index in [0.717, 1.165) is 25.0 Å². The van der Waals surface area contributed by atoms with Gasteiger partial charge in [0.2, 0.25) is 11.8 Å². The number of oxime groups is 1. The van der Waals surface area contributed by atoms with Crippen LogP contribution in [0.3, 0.4) is 0 Å². The number of rotatable bonds is 13. The molecule has 0 N–H and O–H groups in total. The van der Waals surface area contributed by atoms with Crippen molar-refractivity contribution in [1.82, 2.24) is 4.90 Å². The monoisotopic (exact) mass is 480 g/mol. The lowest BCUT2D eigenvalue weighted by molar-refractivity contribution is -0.143. The number of carbonyl (C=O) groups is 3. The number of hydrogen-bond donors (Lipinski definition) is 0. The van der Waals surface area contributed by atoms with Gasteiger partial charge in [0.1, 0.15) is 13.2 Å². The molecule has 1 saturated heterocycles. The fourth-order valence-electron chi connectivity index (χ4n) is 4.31. The molecule has 2 unspecified atom stereocenters. The van der Waals surface area contributed by atoms with Crippen LogP contribution in [0.25, 0.3) is 0 Å². The molecular formula is C28H36N2O5. The van der Waals surface area contributed by atoms with E-state index in [1.165, 1.54) is 17.4 Å². The summed E-state index contributed by atoms with van der Waals surface area (Å²) in [5, 5.41) is 4.42. The summed E-state index contributed by atoms with van der Waals surface area (Å²) in [7, 11) is 0. The van der Waals surface area contributed by atoms with Gasteiger partial charge in [-0.15, -0.1) is 0 Å². The second-order valence-corrected chi connectivity index (χ2v) is 9.73. The number of hydrogen-bond acceptors (Lipinski definition) is 6. The highest BCUT2D eigenvalue weighted by Gasteiger charge is 2.45. The fourth-order valence-corrected chi connectivity index (χ4v) is 4.31. The van der Waals surface area contributed by atoms with Crippen molar-refractivity contribution in [2.24, 2.45) is 22.4 Å². The molecule has 2 aliphatic rings. The summed E-state index contributed by atoms with van der Waals surface area (Å²) in [5.74, 6) is -1.30. The number of likely N-dealkylation sites (tertiary alicyclic amines) is 1. The van der Waals surface area contributed by atoms with E-state index in [0.29, 0.717) is 26.0 Å². The van der Waals surface area contributed by atoms with Gasteiger partial charge in [-0.2, -0.15) is 0 Å². The maximum atomic E-state index is 12.6. The number of benzene rings is 1. The van der Waals surface area contributed by atoms with Crippen LogP contribution in [0.4, 0.5) is 0 Å². The number of imide groups is 1. The Hall–Kier alpha value is -3.22. The van der Waals surface area contributed by atoms with E-state index in [2.05, 4.69) is 17.3 Å². The number of nitrogens with zero attached hydrogens (tertiary/aromatic N) is 2. The smallest absolute Gasteiger partial charge is 0.302 e. The number of ether oxygens (including phenoxy) is 1.